The Bertz CT molecular complexity index is 547. The summed E-state index contributed by atoms with van der Waals surface area (Å²) in [6, 6.07) is 3.88. The van der Waals surface area contributed by atoms with Crippen molar-refractivity contribution >= 4 is 17.5 Å². The highest BCUT2D eigenvalue weighted by Gasteiger charge is 2.22. The Hall–Kier alpha value is -1.50. The van der Waals surface area contributed by atoms with E-state index < -0.39 is 5.91 Å². The minimum absolute atomic E-state index is 0.246. The van der Waals surface area contributed by atoms with E-state index in [1.165, 1.54) is 7.11 Å². The topological polar surface area (TPSA) is 82.8 Å². The number of hydrogen-bond donors (Lipinski definition) is 2. The predicted molar refractivity (Wildman–Crippen MR) is 88.0 cm³/mol. The van der Waals surface area contributed by atoms with Gasteiger partial charge < -0.3 is 25.3 Å². The first-order valence-corrected chi connectivity index (χ1v) is 8.01. The summed E-state index contributed by atoms with van der Waals surface area (Å²) in [7, 11) is 1.52. The lowest BCUT2D eigenvalue weighted by molar-refractivity contribution is -0.119. The van der Waals surface area contributed by atoms with Crippen molar-refractivity contribution in [2.75, 3.05) is 20.3 Å². The molecule has 1 aliphatic heterocycles. The lowest BCUT2D eigenvalue weighted by Crippen LogP contribution is -2.36. The van der Waals surface area contributed by atoms with Crippen molar-refractivity contribution in [2.24, 2.45) is 5.73 Å². The molecule has 2 rings (SSSR count). The summed E-state index contributed by atoms with van der Waals surface area (Å²) >= 11 is 6.23. The second kappa shape index (κ2) is 8.38. The van der Waals surface area contributed by atoms with E-state index in [2.05, 4.69) is 12.2 Å². The van der Waals surface area contributed by atoms with E-state index in [0.717, 1.165) is 25.0 Å². The third-order valence-corrected chi connectivity index (χ3v) is 4.08. The molecule has 0 bridgehead atoms. The van der Waals surface area contributed by atoms with Gasteiger partial charge in [-0.1, -0.05) is 11.6 Å². The van der Waals surface area contributed by atoms with Crippen LogP contribution in [0.15, 0.2) is 12.1 Å². The summed E-state index contributed by atoms with van der Waals surface area (Å²) < 4.78 is 16.3. The highest BCUT2D eigenvalue weighted by Crippen LogP contribution is 2.36. The number of methoxy groups -OCH3 is 1. The van der Waals surface area contributed by atoms with Crippen LogP contribution < -0.4 is 20.5 Å². The maximum absolute atomic E-state index is 10.8. The fourth-order valence-electron chi connectivity index (χ4n) is 2.57. The quantitative estimate of drug-likeness (QED) is 0.753. The second-order valence-electron chi connectivity index (χ2n) is 5.59. The molecule has 1 aromatic carbocycles. The SMILES string of the molecule is COc1cc(CN[C@H](C)[C@H]2CCCO2)cc(Cl)c1OCC(N)=O. The standard InChI is InChI=1S/C16H23ClN2O4/c1-10(13-4-3-5-22-13)19-8-11-6-12(17)16(14(7-11)21-2)23-9-15(18)20/h6-7,10,13,19H,3-5,8-9H2,1-2H3,(H2,18,20)/t10-,13-/m1/s1. The van der Waals surface area contributed by atoms with Crippen molar-refractivity contribution in [1.29, 1.82) is 0 Å². The number of nitrogens with one attached hydrogen (secondary N) is 1. The number of hydrogen-bond acceptors (Lipinski definition) is 5. The van der Waals surface area contributed by atoms with Gasteiger partial charge in [0.1, 0.15) is 0 Å². The van der Waals surface area contributed by atoms with Crippen molar-refractivity contribution in [3.05, 3.63) is 22.7 Å². The maximum Gasteiger partial charge on any atom is 0.255 e. The van der Waals surface area contributed by atoms with Crippen LogP contribution in [-0.4, -0.2) is 38.4 Å². The van der Waals surface area contributed by atoms with E-state index in [0.29, 0.717) is 23.1 Å². The Balaban J connectivity index is 2.01. The highest BCUT2D eigenvalue weighted by molar-refractivity contribution is 6.32. The van der Waals surface area contributed by atoms with Crippen molar-refractivity contribution in [2.45, 2.75) is 38.5 Å². The molecule has 1 amide bonds. The van der Waals surface area contributed by atoms with Crippen LogP contribution in [0.2, 0.25) is 5.02 Å². The molecule has 2 atom stereocenters. The van der Waals surface area contributed by atoms with Gasteiger partial charge in [0.05, 0.1) is 18.2 Å². The van der Waals surface area contributed by atoms with Crippen molar-refractivity contribution in [3.63, 3.8) is 0 Å². The first kappa shape index (κ1) is 17.8. The third-order valence-electron chi connectivity index (χ3n) is 3.80. The van der Waals surface area contributed by atoms with E-state index in [1.807, 2.05) is 6.07 Å². The molecule has 0 aromatic heterocycles. The van der Waals surface area contributed by atoms with Crippen molar-refractivity contribution in [1.82, 2.24) is 5.32 Å². The Kier molecular flexibility index (Phi) is 6.50. The normalized spacial score (nSPS) is 18.7. The molecule has 0 unspecified atom stereocenters. The van der Waals surface area contributed by atoms with Gasteiger partial charge in [0.25, 0.3) is 5.91 Å². The summed E-state index contributed by atoms with van der Waals surface area (Å²) in [5.41, 5.74) is 6.04. The molecule has 1 aromatic rings. The van der Waals surface area contributed by atoms with Crippen molar-refractivity contribution < 1.29 is 19.0 Å². The number of ether oxygens (including phenoxy) is 3. The molecule has 7 heteroatoms. The zero-order chi connectivity index (χ0) is 16.8. The number of benzene rings is 1. The smallest absolute Gasteiger partial charge is 0.255 e. The van der Waals surface area contributed by atoms with Crippen LogP contribution in [0.3, 0.4) is 0 Å². The van der Waals surface area contributed by atoms with Gasteiger partial charge in [0.15, 0.2) is 18.1 Å². The van der Waals surface area contributed by atoms with E-state index in [9.17, 15) is 4.79 Å². The fourth-order valence-corrected chi connectivity index (χ4v) is 2.85. The lowest BCUT2D eigenvalue weighted by atomic mass is 10.1. The monoisotopic (exact) mass is 342 g/mol. The van der Waals surface area contributed by atoms with Gasteiger partial charge in [-0.05, 0) is 37.5 Å². The summed E-state index contributed by atoms with van der Waals surface area (Å²) in [5.74, 6) is 0.225. The first-order chi connectivity index (χ1) is 11.0. The van der Waals surface area contributed by atoms with Gasteiger partial charge >= 0.3 is 0 Å². The number of carbonyl (C=O) groups is 1. The van der Waals surface area contributed by atoms with E-state index in [4.69, 9.17) is 31.5 Å². The number of carbonyl (C=O) groups excluding carboxylic acids is 1. The number of amides is 1. The Labute approximate surface area is 141 Å². The second-order valence-corrected chi connectivity index (χ2v) is 5.99. The molecule has 3 N–H and O–H groups in total. The van der Waals surface area contributed by atoms with Gasteiger partial charge in [-0.3, -0.25) is 4.79 Å². The Morgan fingerprint density at radius 2 is 2.35 bits per heavy atom. The summed E-state index contributed by atoms with van der Waals surface area (Å²) in [4.78, 5) is 10.8. The Morgan fingerprint density at radius 1 is 1.57 bits per heavy atom. The molecule has 0 spiro atoms. The molecule has 6 nitrogen and oxygen atoms in total. The minimum Gasteiger partial charge on any atom is -0.493 e. The molecule has 0 aliphatic carbocycles. The van der Waals surface area contributed by atoms with Crippen LogP contribution in [0, 0.1) is 0 Å². The molecule has 0 saturated carbocycles. The average molecular weight is 343 g/mol. The zero-order valence-electron chi connectivity index (χ0n) is 13.4. The number of nitrogens with two attached hydrogens (primary N) is 1. The van der Waals surface area contributed by atoms with E-state index in [-0.39, 0.29) is 18.8 Å². The van der Waals surface area contributed by atoms with Crippen LogP contribution in [0.5, 0.6) is 11.5 Å². The molecular weight excluding hydrogens is 320 g/mol. The number of rotatable bonds is 8. The fraction of sp³-hybridized carbons (Fsp3) is 0.562. The van der Waals surface area contributed by atoms with Crippen LogP contribution in [0.4, 0.5) is 0 Å². The average Bonchev–Trinajstić information content (AvgIpc) is 3.05. The van der Waals surface area contributed by atoms with Crippen LogP contribution in [-0.2, 0) is 16.1 Å². The van der Waals surface area contributed by atoms with E-state index in [1.54, 1.807) is 6.07 Å². The third kappa shape index (κ3) is 4.99. The maximum atomic E-state index is 10.8. The molecule has 1 aliphatic rings. The Morgan fingerprint density at radius 3 is 2.96 bits per heavy atom. The van der Waals surface area contributed by atoms with Gasteiger partial charge in [-0.2, -0.15) is 0 Å². The van der Waals surface area contributed by atoms with Crippen LogP contribution in [0.25, 0.3) is 0 Å². The zero-order valence-corrected chi connectivity index (χ0v) is 14.2. The summed E-state index contributed by atoms with van der Waals surface area (Å²) in [6.07, 6.45) is 2.45. The van der Waals surface area contributed by atoms with Crippen LogP contribution in [0.1, 0.15) is 25.3 Å². The predicted octanol–water partition coefficient (Wildman–Crippen LogP) is 1.87. The molecule has 0 radical (unpaired) electrons. The van der Waals surface area contributed by atoms with Gasteiger partial charge in [-0.25, -0.2) is 0 Å². The van der Waals surface area contributed by atoms with Crippen molar-refractivity contribution in [3.8, 4) is 11.5 Å². The molecular formula is C16H23ClN2O4. The molecule has 1 fully saturated rings. The molecule has 23 heavy (non-hydrogen) atoms. The van der Waals surface area contributed by atoms with Crippen LogP contribution >= 0.6 is 11.6 Å². The van der Waals surface area contributed by atoms with Gasteiger partial charge in [0.2, 0.25) is 0 Å². The van der Waals surface area contributed by atoms with Gasteiger partial charge in [0, 0.05) is 19.2 Å². The molecule has 128 valence electrons. The highest BCUT2D eigenvalue weighted by atomic mass is 35.5. The minimum atomic E-state index is -0.570. The molecule has 1 heterocycles. The molecule has 1 saturated heterocycles. The largest absolute Gasteiger partial charge is 0.493 e. The summed E-state index contributed by atoms with van der Waals surface area (Å²) in [5, 5.41) is 3.82. The van der Waals surface area contributed by atoms with E-state index >= 15 is 0 Å². The lowest BCUT2D eigenvalue weighted by Gasteiger charge is -2.20. The first-order valence-electron chi connectivity index (χ1n) is 7.63. The summed E-state index contributed by atoms with van der Waals surface area (Å²) in [6.45, 7) is 3.33. The van der Waals surface area contributed by atoms with Gasteiger partial charge in [-0.15, -0.1) is 0 Å². The number of primary amides is 1. The number of halogens is 1.